The molecule has 1 aromatic carbocycles. The number of methoxy groups -OCH3 is 1. The predicted molar refractivity (Wildman–Crippen MR) is 74.7 cm³/mol. The normalized spacial score (nSPS) is 14.9. The van der Waals surface area contributed by atoms with E-state index in [1.807, 2.05) is 0 Å². The molecule has 0 fully saturated rings. The standard InChI is InChI=1S/C11H14N2O4S2/c1-17-11(14)7-19(15,16)13-4-5-18-10-3-2-8(12)6-9(10)13/h2-3,6H,4-5,7,12H2,1H3. The van der Waals surface area contributed by atoms with Gasteiger partial charge in [-0.25, -0.2) is 8.42 Å². The molecule has 0 amide bonds. The Kier molecular flexibility index (Phi) is 3.91. The van der Waals surface area contributed by atoms with Crippen molar-refractivity contribution < 1.29 is 17.9 Å². The molecule has 6 nitrogen and oxygen atoms in total. The molecule has 104 valence electrons. The summed E-state index contributed by atoms with van der Waals surface area (Å²) in [6, 6.07) is 5.12. The summed E-state index contributed by atoms with van der Waals surface area (Å²) < 4.78 is 30.1. The minimum Gasteiger partial charge on any atom is -0.468 e. The molecule has 0 unspecified atom stereocenters. The maximum Gasteiger partial charge on any atom is 0.322 e. The Hall–Kier alpha value is -1.41. The van der Waals surface area contributed by atoms with E-state index in [0.717, 1.165) is 12.0 Å². The van der Waals surface area contributed by atoms with Crippen LogP contribution in [0.25, 0.3) is 0 Å². The molecule has 0 spiro atoms. The molecule has 0 saturated carbocycles. The Morgan fingerprint density at radius 1 is 1.53 bits per heavy atom. The number of hydrogen-bond acceptors (Lipinski definition) is 6. The van der Waals surface area contributed by atoms with E-state index in [0.29, 0.717) is 23.7 Å². The summed E-state index contributed by atoms with van der Waals surface area (Å²) in [5.41, 5.74) is 6.71. The van der Waals surface area contributed by atoms with Gasteiger partial charge in [-0.05, 0) is 18.2 Å². The van der Waals surface area contributed by atoms with Crippen molar-refractivity contribution in [1.82, 2.24) is 0 Å². The van der Waals surface area contributed by atoms with Crippen LogP contribution in [0.3, 0.4) is 0 Å². The molecule has 1 aliphatic heterocycles. The van der Waals surface area contributed by atoms with Crippen LogP contribution in [0.5, 0.6) is 0 Å². The molecule has 0 saturated heterocycles. The zero-order chi connectivity index (χ0) is 14.0. The van der Waals surface area contributed by atoms with Gasteiger partial charge < -0.3 is 10.5 Å². The Bertz CT molecular complexity index is 601. The highest BCUT2D eigenvalue weighted by Gasteiger charge is 2.30. The molecule has 2 rings (SSSR count). The molecule has 0 aliphatic carbocycles. The molecule has 0 aromatic heterocycles. The number of thioether (sulfide) groups is 1. The van der Waals surface area contributed by atoms with Gasteiger partial charge in [0, 0.05) is 22.9 Å². The minimum atomic E-state index is -3.73. The number of sulfonamides is 1. The van der Waals surface area contributed by atoms with E-state index < -0.39 is 21.7 Å². The fraction of sp³-hybridized carbons (Fsp3) is 0.364. The van der Waals surface area contributed by atoms with Crippen LogP contribution in [0.1, 0.15) is 0 Å². The third-order valence-corrected chi connectivity index (χ3v) is 5.36. The van der Waals surface area contributed by atoms with Gasteiger partial charge in [0.15, 0.2) is 5.75 Å². The van der Waals surface area contributed by atoms with Crippen molar-refractivity contribution >= 4 is 39.1 Å². The lowest BCUT2D eigenvalue weighted by Crippen LogP contribution is -2.39. The van der Waals surface area contributed by atoms with Gasteiger partial charge in [-0.2, -0.15) is 0 Å². The molecule has 19 heavy (non-hydrogen) atoms. The summed E-state index contributed by atoms with van der Waals surface area (Å²) in [4.78, 5) is 12.0. The summed E-state index contributed by atoms with van der Waals surface area (Å²) in [6.07, 6.45) is 0. The molecular weight excluding hydrogens is 288 g/mol. The number of fused-ring (bicyclic) bond motifs is 1. The number of rotatable bonds is 3. The van der Waals surface area contributed by atoms with Gasteiger partial charge in [0.1, 0.15) is 0 Å². The summed E-state index contributed by atoms with van der Waals surface area (Å²) >= 11 is 1.56. The minimum absolute atomic E-state index is 0.320. The van der Waals surface area contributed by atoms with Crippen molar-refractivity contribution in [2.45, 2.75) is 4.90 Å². The number of esters is 1. The largest absolute Gasteiger partial charge is 0.468 e. The first-order chi connectivity index (χ1) is 8.94. The Balaban J connectivity index is 2.38. The second kappa shape index (κ2) is 5.30. The van der Waals surface area contributed by atoms with E-state index >= 15 is 0 Å². The first kappa shape index (κ1) is 14.0. The number of anilines is 2. The lowest BCUT2D eigenvalue weighted by Gasteiger charge is -2.29. The highest BCUT2D eigenvalue weighted by Crippen LogP contribution is 2.37. The van der Waals surface area contributed by atoms with E-state index in [2.05, 4.69) is 4.74 Å². The zero-order valence-electron chi connectivity index (χ0n) is 10.3. The van der Waals surface area contributed by atoms with Crippen LogP contribution in [0.4, 0.5) is 11.4 Å². The summed E-state index contributed by atoms with van der Waals surface area (Å²) in [6.45, 7) is 0.320. The quantitative estimate of drug-likeness (QED) is 0.652. The van der Waals surface area contributed by atoms with E-state index in [4.69, 9.17) is 5.73 Å². The van der Waals surface area contributed by atoms with Crippen LogP contribution in [0, 0.1) is 0 Å². The van der Waals surface area contributed by atoms with Gasteiger partial charge in [0.05, 0.1) is 12.8 Å². The molecule has 0 bridgehead atoms. The fourth-order valence-corrected chi connectivity index (χ4v) is 4.33. The van der Waals surface area contributed by atoms with E-state index in [1.165, 1.54) is 4.31 Å². The van der Waals surface area contributed by atoms with Crippen LogP contribution in [-0.2, 0) is 19.6 Å². The lowest BCUT2D eigenvalue weighted by molar-refractivity contribution is -0.137. The van der Waals surface area contributed by atoms with Crippen LogP contribution >= 0.6 is 11.8 Å². The highest BCUT2D eigenvalue weighted by atomic mass is 32.2. The SMILES string of the molecule is COC(=O)CS(=O)(=O)N1CCSc2ccc(N)cc21. The number of ether oxygens (including phenoxy) is 1. The summed E-state index contributed by atoms with van der Waals surface area (Å²) in [5, 5.41) is 0. The molecule has 0 atom stereocenters. The number of benzene rings is 1. The second-order valence-electron chi connectivity index (χ2n) is 3.98. The van der Waals surface area contributed by atoms with E-state index in [1.54, 1.807) is 30.0 Å². The molecule has 0 radical (unpaired) electrons. The van der Waals surface area contributed by atoms with Gasteiger partial charge in [0.2, 0.25) is 10.0 Å². The topological polar surface area (TPSA) is 89.7 Å². The van der Waals surface area contributed by atoms with Crippen molar-refractivity contribution in [1.29, 1.82) is 0 Å². The van der Waals surface area contributed by atoms with Crippen molar-refractivity contribution in [3.63, 3.8) is 0 Å². The fourth-order valence-electron chi connectivity index (χ4n) is 1.79. The Labute approximate surface area is 116 Å². The Morgan fingerprint density at radius 2 is 2.26 bits per heavy atom. The molecule has 1 heterocycles. The third-order valence-electron chi connectivity index (χ3n) is 2.67. The number of carbonyl (C=O) groups excluding carboxylic acids is 1. The maximum atomic E-state index is 12.2. The van der Waals surface area contributed by atoms with Gasteiger partial charge in [-0.3, -0.25) is 9.10 Å². The van der Waals surface area contributed by atoms with Crippen molar-refractivity contribution in [3.05, 3.63) is 18.2 Å². The van der Waals surface area contributed by atoms with Crippen LogP contribution in [0.2, 0.25) is 0 Å². The number of hydrogen-bond donors (Lipinski definition) is 1. The van der Waals surface area contributed by atoms with Gasteiger partial charge in [-0.15, -0.1) is 11.8 Å². The number of nitrogen functional groups attached to an aromatic ring is 1. The van der Waals surface area contributed by atoms with Gasteiger partial charge in [0.25, 0.3) is 0 Å². The van der Waals surface area contributed by atoms with Crippen molar-refractivity contribution in [2.75, 3.05) is 35.2 Å². The monoisotopic (exact) mass is 302 g/mol. The predicted octanol–water partition coefficient (Wildman–Crippen LogP) is 0.684. The molecule has 1 aliphatic rings. The van der Waals surface area contributed by atoms with Crippen LogP contribution < -0.4 is 10.0 Å². The summed E-state index contributed by atoms with van der Waals surface area (Å²) in [5.74, 6) is -0.802. The molecular formula is C11H14N2O4S2. The molecule has 1 aromatic rings. The van der Waals surface area contributed by atoms with Crippen molar-refractivity contribution in [3.8, 4) is 0 Å². The third kappa shape index (κ3) is 2.95. The van der Waals surface area contributed by atoms with E-state index in [-0.39, 0.29) is 0 Å². The maximum absolute atomic E-state index is 12.2. The first-order valence-electron chi connectivity index (χ1n) is 5.53. The summed E-state index contributed by atoms with van der Waals surface area (Å²) in [7, 11) is -2.57. The van der Waals surface area contributed by atoms with Crippen LogP contribution in [0.15, 0.2) is 23.1 Å². The zero-order valence-corrected chi connectivity index (χ0v) is 12.0. The van der Waals surface area contributed by atoms with Gasteiger partial charge >= 0.3 is 5.97 Å². The van der Waals surface area contributed by atoms with E-state index in [9.17, 15) is 13.2 Å². The van der Waals surface area contributed by atoms with Crippen LogP contribution in [-0.4, -0.2) is 39.5 Å². The second-order valence-corrected chi connectivity index (χ2v) is 7.01. The number of nitrogens with zero attached hydrogens (tertiary/aromatic N) is 1. The smallest absolute Gasteiger partial charge is 0.322 e. The Morgan fingerprint density at radius 3 is 2.95 bits per heavy atom. The first-order valence-corrected chi connectivity index (χ1v) is 8.13. The average molecular weight is 302 g/mol. The molecule has 8 heteroatoms. The number of nitrogens with two attached hydrogens (primary N) is 1. The van der Waals surface area contributed by atoms with Gasteiger partial charge in [-0.1, -0.05) is 0 Å². The average Bonchev–Trinajstić information content (AvgIpc) is 2.37. The number of carbonyl (C=O) groups is 1. The highest BCUT2D eigenvalue weighted by molar-refractivity contribution is 8.00. The lowest BCUT2D eigenvalue weighted by atomic mass is 10.3. The van der Waals surface area contributed by atoms with Crippen molar-refractivity contribution in [2.24, 2.45) is 0 Å². The molecule has 2 N–H and O–H groups in total.